The first kappa shape index (κ1) is 18.2. The molecule has 0 saturated carbocycles. The molecule has 0 radical (unpaired) electrons. The molecule has 1 aliphatic heterocycles. The second-order valence-electron chi connectivity index (χ2n) is 5.47. The zero-order valence-electron chi connectivity index (χ0n) is 12.8. The lowest BCUT2D eigenvalue weighted by Crippen LogP contribution is -2.36. The maximum atomic E-state index is 12.7. The molecule has 1 fully saturated rings. The Hall–Kier alpha value is -1.55. The Bertz CT molecular complexity index is 764. The lowest BCUT2D eigenvalue weighted by molar-refractivity contribution is -0.182. The number of pyridine rings is 1. The molecule has 3 heterocycles. The highest BCUT2D eigenvalue weighted by molar-refractivity contribution is 7.97. The van der Waals surface area contributed by atoms with Gasteiger partial charge in [0.05, 0.1) is 5.92 Å². The van der Waals surface area contributed by atoms with E-state index >= 15 is 0 Å². The van der Waals surface area contributed by atoms with Crippen molar-refractivity contribution in [1.82, 2.24) is 19.8 Å². The third-order valence-corrected chi connectivity index (χ3v) is 5.80. The fourth-order valence-corrected chi connectivity index (χ4v) is 3.96. The Morgan fingerprint density at radius 2 is 2.04 bits per heavy atom. The molecule has 0 aromatic carbocycles. The largest absolute Gasteiger partial charge is 0.538 e. The average molecular weight is 392 g/mol. The second kappa shape index (κ2) is 7.36. The highest BCUT2D eigenvalue weighted by Gasteiger charge is 2.46. The number of hydrogen-bond acceptors (Lipinski definition) is 7. The number of nitrogens with two attached hydrogens (primary N) is 1. The summed E-state index contributed by atoms with van der Waals surface area (Å²) in [4.78, 5) is 8.77. The third kappa shape index (κ3) is 4.17. The molecule has 3 rings (SSSR count). The number of halogens is 3. The van der Waals surface area contributed by atoms with Crippen LogP contribution in [0, 0.1) is 5.92 Å². The molecule has 1 atom stereocenters. The number of rotatable bonds is 4. The molecule has 1 unspecified atom stereocenters. The number of piperidine rings is 1. The lowest BCUT2D eigenvalue weighted by atomic mass is 9.98. The van der Waals surface area contributed by atoms with E-state index in [-0.39, 0.29) is 37.4 Å². The zero-order chi connectivity index (χ0) is 18.0. The van der Waals surface area contributed by atoms with Gasteiger partial charge in [0.25, 0.3) is 0 Å². The van der Waals surface area contributed by atoms with Crippen LogP contribution in [0.5, 0.6) is 0 Å². The molecule has 2 aromatic rings. The SMILES string of the molecule is NSc1cncc(-c2noc([P+](=O)N3CCC(C(F)(F)F)CC3)n2)c1. The van der Waals surface area contributed by atoms with E-state index in [2.05, 4.69) is 15.1 Å². The van der Waals surface area contributed by atoms with Crippen LogP contribution in [0.1, 0.15) is 12.8 Å². The molecule has 1 aliphatic rings. The summed E-state index contributed by atoms with van der Waals surface area (Å²) in [5.74, 6) is -1.15. The number of nitrogens with zero attached hydrogens (tertiary/aromatic N) is 4. The van der Waals surface area contributed by atoms with E-state index in [0.29, 0.717) is 10.5 Å². The van der Waals surface area contributed by atoms with Crippen LogP contribution in [0.3, 0.4) is 0 Å². The van der Waals surface area contributed by atoms with Crippen LogP contribution in [-0.2, 0) is 4.57 Å². The molecule has 25 heavy (non-hydrogen) atoms. The van der Waals surface area contributed by atoms with Crippen LogP contribution < -0.4 is 10.8 Å². The zero-order valence-corrected chi connectivity index (χ0v) is 14.5. The van der Waals surface area contributed by atoms with E-state index in [1.54, 1.807) is 12.3 Å². The Morgan fingerprint density at radius 1 is 1.32 bits per heavy atom. The maximum Gasteiger partial charge on any atom is 0.538 e. The first-order chi connectivity index (χ1) is 11.9. The maximum absolute atomic E-state index is 12.7. The molecule has 0 amide bonds. The van der Waals surface area contributed by atoms with Crippen molar-refractivity contribution in [3.8, 4) is 11.4 Å². The summed E-state index contributed by atoms with van der Waals surface area (Å²) in [6.07, 6.45) is -1.32. The minimum Gasteiger partial charge on any atom is -0.288 e. The highest BCUT2D eigenvalue weighted by Crippen LogP contribution is 2.38. The van der Waals surface area contributed by atoms with Crippen LogP contribution in [0.15, 0.2) is 27.9 Å². The van der Waals surface area contributed by atoms with Gasteiger partial charge >= 0.3 is 19.8 Å². The smallest absolute Gasteiger partial charge is 0.288 e. The van der Waals surface area contributed by atoms with Gasteiger partial charge in [-0.1, -0.05) is 9.83 Å². The highest BCUT2D eigenvalue weighted by atomic mass is 32.2. The molecule has 134 valence electrons. The van der Waals surface area contributed by atoms with Gasteiger partial charge in [0.1, 0.15) is 0 Å². The quantitative estimate of drug-likeness (QED) is 0.627. The van der Waals surface area contributed by atoms with Crippen LogP contribution >= 0.6 is 19.9 Å². The first-order valence-electron chi connectivity index (χ1n) is 7.33. The van der Waals surface area contributed by atoms with E-state index in [1.165, 1.54) is 10.9 Å². The predicted molar refractivity (Wildman–Crippen MR) is 85.2 cm³/mol. The fraction of sp³-hybridized carbons (Fsp3) is 0.462. The molecule has 12 heteroatoms. The topological polar surface area (TPSA) is 98.1 Å². The van der Waals surface area contributed by atoms with Crippen molar-refractivity contribution in [3.63, 3.8) is 0 Å². The molecule has 0 bridgehead atoms. The minimum absolute atomic E-state index is 0.0674. The summed E-state index contributed by atoms with van der Waals surface area (Å²) in [7, 11) is -2.20. The summed E-state index contributed by atoms with van der Waals surface area (Å²) in [5, 5.41) is 9.23. The molecule has 0 aliphatic carbocycles. The summed E-state index contributed by atoms with van der Waals surface area (Å²) >= 11 is 1.01. The standard InChI is InChI=1S/C13H14F3N5O2PS/c14-13(15,16)9-1-3-21(4-2-9)24(22)12-19-11(20-23-12)8-5-10(25-17)7-18-6-8/h5-7,9H,1-4,17H2/q+1. The minimum atomic E-state index is -4.21. The van der Waals surface area contributed by atoms with Crippen molar-refractivity contribution in [3.05, 3.63) is 18.5 Å². The summed E-state index contributed by atoms with van der Waals surface area (Å²) in [5.41, 5.74) is 0.436. The van der Waals surface area contributed by atoms with Gasteiger partial charge < -0.3 is 0 Å². The molecular formula is C13H14F3N5O2PS+. The Balaban J connectivity index is 1.69. The van der Waals surface area contributed by atoms with Gasteiger partial charge in [-0.05, 0) is 35.4 Å². The van der Waals surface area contributed by atoms with E-state index in [4.69, 9.17) is 9.66 Å². The summed E-state index contributed by atoms with van der Waals surface area (Å²) in [6.45, 7) is 0.135. The van der Waals surface area contributed by atoms with Gasteiger partial charge in [-0.3, -0.25) is 14.6 Å². The Kier molecular flexibility index (Phi) is 5.38. The molecule has 2 N–H and O–H groups in total. The van der Waals surface area contributed by atoms with Crippen molar-refractivity contribution in [1.29, 1.82) is 0 Å². The second-order valence-corrected chi connectivity index (χ2v) is 7.67. The van der Waals surface area contributed by atoms with Crippen molar-refractivity contribution in [2.24, 2.45) is 11.1 Å². The van der Waals surface area contributed by atoms with Crippen LogP contribution in [0.25, 0.3) is 11.4 Å². The number of hydrogen-bond donors (Lipinski definition) is 1. The molecule has 1 saturated heterocycles. The fourth-order valence-electron chi connectivity index (χ4n) is 2.51. The monoisotopic (exact) mass is 392 g/mol. The molecule has 7 nitrogen and oxygen atoms in total. The van der Waals surface area contributed by atoms with E-state index in [9.17, 15) is 17.7 Å². The number of alkyl halides is 3. The van der Waals surface area contributed by atoms with Gasteiger partial charge in [-0.15, -0.1) is 4.98 Å². The van der Waals surface area contributed by atoms with Crippen molar-refractivity contribution >= 4 is 25.5 Å². The van der Waals surface area contributed by atoms with Crippen LogP contribution in [0.2, 0.25) is 0 Å². The number of aromatic nitrogens is 3. The van der Waals surface area contributed by atoms with Gasteiger partial charge in [-0.25, -0.2) is 0 Å². The third-order valence-electron chi connectivity index (χ3n) is 3.88. The van der Waals surface area contributed by atoms with E-state index in [1.807, 2.05) is 0 Å². The summed E-state index contributed by atoms with van der Waals surface area (Å²) in [6, 6.07) is 1.70. The Morgan fingerprint density at radius 3 is 2.68 bits per heavy atom. The Labute approximate surface area is 146 Å². The predicted octanol–water partition coefficient (Wildman–Crippen LogP) is 2.74. The van der Waals surface area contributed by atoms with Crippen LogP contribution in [-0.4, -0.2) is 39.1 Å². The van der Waals surface area contributed by atoms with Gasteiger partial charge in [0, 0.05) is 35.9 Å². The van der Waals surface area contributed by atoms with Crippen molar-refractivity contribution in [2.75, 3.05) is 13.1 Å². The normalized spacial score (nSPS) is 17.7. The first-order valence-corrected chi connectivity index (χ1v) is 9.42. The lowest BCUT2D eigenvalue weighted by Gasteiger charge is -2.26. The molecular weight excluding hydrogens is 378 g/mol. The van der Waals surface area contributed by atoms with Gasteiger partial charge in [0.2, 0.25) is 5.82 Å². The average Bonchev–Trinajstić information content (AvgIpc) is 3.10. The van der Waals surface area contributed by atoms with Crippen molar-refractivity contribution in [2.45, 2.75) is 23.9 Å². The molecule has 2 aromatic heterocycles. The van der Waals surface area contributed by atoms with Gasteiger partial charge in [-0.2, -0.15) is 13.2 Å². The van der Waals surface area contributed by atoms with Crippen molar-refractivity contribution < 1.29 is 22.3 Å². The summed E-state index contributed by atoms with van der Waals surface area (Å²) < 4.78 is 57.0. The molecule has 0 spiro atoms. The van der Waals surface area contributed by atoms with Gasteiger partial charge in [0.15, 0.2) is 0 Å². The van der Waals surface area contributed by atoms with E-state index < -0.39 is 20.0 Å². The van der Waals surface area contributed by atoms with E-state index in [0.717, 1.165) is 11.9 Å². The van der Waals surface area contributed by atoms with Crippen LogP contribution in [0.4, 0.5) is 13.2 Å².